The van der Waals surface area contributed by atoms with Crippen LogP contribution < -0.4 is 5.56 Å². The van der Waals surface area contributed by atoms with E-state index in [0.717, 1.165) is 11.3 Å². The van der Waals surface area contributed by atoms with Crippen molar-refractivity contribution >= 4 is 10.9 Å². The van der Waals surface area contributed by atoms with Crippen LogP contribution >= 0.6 is 0 Å². The number of hydrogen-bond acceptors (Lipinski definition) is 4. The van der Waals surface area contributed by atoms with Gasteiger partial charge in [-0.05, 0) is 36.4 Å². The fourth-order valence-electron chi connectivity index (χ4n) is 2.34. The number of rotatable bonds is 2. The van der Waals surface area contributed by atoms with Crippen molar-refractivity contribution in [2.24, 2.45) is 0 Å². The van der Waals surface area contributed by atoms with E-state index in [-0.39, 0.29) is 5.56 Å². The van der Waals surface area contributed by atoms with Crippen molar-refractivity contribution in [1.82, 2.24) is 24.7 Å². The lowest BCUT2D eigenvalue weighted by Gasteiger charge is -2.05. The first-order chi connectivity index (χ1) is 10.8. The van der Waals surface area contributed by atoms with E-state index >= 15 is 0 Å². The van der Waals surface area contributed by atoms with Crippen LogP contribution in [-0.4, -0.2) is 24.7 Å². The third kappa shape index (κ3) is 2.07. The third-order valence-corrected chi connectivity index (χ3v) is 3.44. The highest BCUT2D eigenvalue weighted by atomic mass is 16.1. The molecular formula is C16H11N5O. The second-order valence-corrected chi connectivity index (χ2v) is 4.82. The lowest BCUT2D eigenvalue weighted by atomic mass is 10.2. The first-order valence-corrected chi connectivity index (χ1v) is 6.76. The quantitative estimate of drug-likeness (QED) is 0.613. The highest BCUT2D eigenvalue weighted by Crippen LogP contribution is 2.18. The number of H-pyrrole nitrogens is 1. The molecule has 4 rings (SSSR count). The Kier molecular flexibility index (Phi) is 2.79. The molecule has 0 saturated heterocycles. The van der Waals surface area contributed by atoms with Gasteiger partial charge in [-0.1, -0.05) is 12.1 Å². The lowest BCUT2D eigenvalue weighted by Crippen LogP contribution is -2.09. The largest absolute Gasteiger partial charge is 0.306 e. The van der Waals surface area contributed by atoms with Crippen LogP contribution in [0.15, 0.2) is 66.0 Å². The number of nitrogens with one attached hydrogen (secondary N) is 1. The third-order valence-electron chi connectivity index (χ3n) is 3.44. The number of aromatic amines is 1. The van der Waals surface area contributed by atoms with Crippen LogP contribution in [0, 0.1) is 0 Å². The van der Waals surface area contributed by atoms with Gasteiger partial charge in [-0.15, -0.1) is 0 Å². The van der Waals surface area contributed by atoms with Crippen molar-refractivity contribution in [2.75, 3.05) is 0 Å². The maximum Gasteiger partial charge on any atom is 0.259 e. The second kappa shape index (κ2) is 4.92. The van der Waals surface area contributed by atoms with Crippen LogP contribution in [-0.2, 0) is 0 Å². The molecule has 0 amide bonds. The zero-order valence-electron chi connectivity index (χ0n) is 11.5. The molecule has 2 aromatic carbocycles. The summed E-state index contributed by atoms with van der Waals surface area (Å²) in [5, 5.41) is 4.66. The summed E-state index contributed by atoms with van der Waals surface area (Å²) < 4.78 is 1.67. The molecule has 0 aliphatic carbocycles. The van der Waals surface area contributed by atoms with Crippen molar-refractivity contribution < 1.29 is 0 Å². The SMILES string of the molecule is O=c1[nH]c(-c2ccc(-n3cncn3)cc2)nc2ccccc12. The van der Waals surface area contributed by atoms with Gasteiger partial charge < -0.3 is 4.98 Å². The van der Waals surface area contributed by atoms with Crippen LogP contribution in [0.3, 0.4) is 0 Å². The number of fused-ring (bicyclic) bond motifs is 1. The van der Waals surface area contributed by atoms with Gasteiger partial charge in [0, 0.05) is 5.56 Å². The van der Waals surface area contributed by atoms with Gasteiger partial charge in [-0.25, -0.2) is 14.6 Å². The Hall–Kier alpha value is -3.28. The molecule has 6 nitrogen and oxygen atoms in total. The number of hydrogen-bond donors (Lipinski definition) is 1. The zero-order chi connectivity index (χ0) is 14.9. The maximum absolute atomic E-state index is 12.1. The summed E-state index contributed by atoms with van der Waals surface area (Å²) in [4.78, 5) is 23.4. The minimum atomic E-state index is -0.138. The monoisotopic (exact) mass is 289 g/mol. The standard InChI is InChI=1S/C16H11N5O/c22-16-13-3-1-2-4-14(13)19-15(20-16)11-5-7-12(8-6-11)21-10-17-9-18-21/h1-10H,(H,19,20,22). The average Bonchev–Trinajstić information content (AvgIpc) is 3.09. The molecule has 6 heteroatoms. The minimum absolute atomic E-state index is 0.138. The molecule has 0 atom stereocenters. The average molecular weight is 289 g/mol. The Morgan fingerprint density at radius 3 is 2.59 bits per heavy atom. The number of aromatic nitrogens is 5. The van der Waals surface area contributed by atoms with E-state index in [0.29, 0.717) is 16.7 Å². The van der Waals surface area contributed by atoms with Gasteiger partial charge >= 0.3 is 0 Å². The molecule has 0 aliphatic rings. The predicted molar refractivity (Wildman–Crippen MR) is 82.7 cm³/mol. The molecule has 0 saturated carbocycles. The molecule has 0 radical (unpaired) electrons. The zero-order valence-corrected chi connectivity index (χ0v) is 11.5. The number of nitrogens with zero attached hydrogens (tertiary/aromatic N) is 4. The van der Waals surface area contributed by atoms with E-state index < -0.39 is 0 Å². The van der Waals surface area contributed by atoms with Crippen molar-refractivity contribution in [2.45, 2.75) is 0 Å². The van der Waals surface area contributed by atoms with Crippen molar-refractivity contribution in [3.05, 3.63) is 71.5 Å². The van der Waals surface area contributed by atoms with E-state index in [1.54, 1.807) is 17.1 Å². The molecule has 0 unspecified atom stereocenters. The topological polar surface area (TPSA) is 76.5 Å². The normalized spacial score (nSPS) is 10.9. The van der Waals surface area contributed by atoms with E-state index in [4.69, 9.17) is 0 Å². The molecule has 22 heavy (non-hydrogen) atoms. The smallest absolute Gasteiger partial charge is 0.259 e. The Morgan fingerprint density at radius 1 is 1.00 bits per heavy atom. The van der Waals surface area contributed by atoms with Crippen molar-refractivity contribution in [3.63, 3.8) is 0 Å². The molecule has 0 fully saturated rings. The van der Waals surface area contributed by atoms with Crippen LogP contribution in [0.4, 0.5) is 0 Å². The molecular weight excluding hydrogens is 278 g/mol. The summed E-state index contributed by atoms with van der Waals surface area (Å²) in [6.07, 6.45) is 3.11. The van der Waals surface area contributed by atoms with Gasteiger partial charge in [0.25, 0.3) is 5.56 Å². The summed E-state index contributed by atoms with van der Waals surface area (Å²) in [5.41, 5.74) is 2.28. The molecule has 2 heterocycles. The molecule has 0 bridgehead atoms. The van der Waals surface area contributed by atoms with Gasteiger partial charge in [-0.3, -0.25) is 4.79 Å². The van der Waals surface area contributed by atoms with Crippen molar-refractivity contribution in [3.8, 4) is 17.1 Å². The Morgan fingerprint density at radius 2 is 1.82 bits per heavy atom. The van der Waals surface area contributed by atoms with Gasteiger partial charge in [0.05, 0.1) is 16.6 Å². The van der Waals surface area contributed by atoms with Crippen LogP contribution in [0.25, 0.3) is 28.0 Å². The molecule has 0 aliphatic heterocycles. The fourth-order valence-corrected chi connectivity index (χ4v) is 2.34. The summed E-state index contributed by atoms with van der Waals surface area (Å²) in [5.74, 6) is 0.550. The highest BCUT2D eigenvalue weighted by Gasteiger charge is 2.06. The van der Waals surface area contributed by atoms with Gasteiger partial charge in [-0.2, -0.15) is 5.10 Å². The van der Waals surface area contributed by atoms with E-state index in [9.17, 15) is 4.79 Å². The second-order valence-electron chi connectivity index (χ2n) is 4.82. The Labute approximate surface area is 125 Å². The molecule has 106 valence electrons. The molecule has 2 aromatic heterocycles. The predicted octanol–water partition coefficient (Wildman–Crippen LogP) is 2.17. The Balaban J connectivity index is 1.80. The summed E-state index contributed by atoms with van der Waals surface area (Å²) in [6.45, 7) is 0. The molecule has 4 aromatic rings. The van der Waals surface area contributed by atoms with Crippen LogP contribution in [0.5, 0.6) is 0 Å². The lowest BCUT2D eigenvalue weighted by molar-refractivity contribution is 0.879. The van der Waals surface area contributed by atoms with Gasteiger partial charge in [0.1, 0.15) is 18.5 Å². The first kappa shape index (κ1) is 12.5. The van der Waals surface area contributed by atoms with E-state index in [1.165, 1.54) is 6.33 Å². The first-order valence-electron chi connectivity index (χ1n) is 6.76. The van der Waals surface area contributed by atoms with E-state index in [1.807, 2.05) is 42.5 Å². The molecule has 0 spiro atoms. The fraction of sp³-hybridized carbons (Fsp3) is 0. The van der Waals surface area contributed by atoms with Gasteiger partial charge in [0.15, 0.2) is 0 Å². The van der Waals surface area contributed by atoms with Crippen molar-refractivity contribution in [1.29, 1.82) is 0 Å². The van der Waals surface area contributed by atoms with Crippen LogP contribution in [0.1, 0.15) is 0 Å². The minimum Gasteiger partial charge on any atom is -0.306 e. The number of benzene rings is 2. The maximum atomic E-state index is 12.1. The summed E-state index contributed by atoms with van der Waals surface area (Å²) in [6, 6.07) is 14.9. The van der Waals surface area contributed by atoms with Crippen LogP contribution in [0.2, 0.25) is 0 Å². The summed E-state index contributed by atoms with van der Waals surface area (Å²) in [7, 11) is 0. The summed E-state index contributed by atoms with van der Waals surface area (Å²) >= 11 is 0. The van der Waals surface area contributed by atoms with Gasteiger partial charge in [0.2, 0.25) is 0 Å². The van der Waals surface area contributed by atoms with E-state index in [2.05, 4.69) is 20.1 Å². The molecule has 1 N–H and O–H groups in total. The highest BCUT2D eigenvalue weighted by molar-refractivity contribution is 5.79. The number of para-hydroxylation sites is 1. The Bertz CT molecular complexity index is 987.